The normalized spacial score (nSPS) is 19.6. The van der Waals surface area contributed by atoms with E-state index in [4.69, 9.17) is 4.74 Å². The van der Waals surface area contributed by atoms with E-state index in [9.17, 15) is 4.79 Å². The van der Waals surface area contributed by atoms with Crippen LogP contribution < -0.4 is 0 Å². The highest BCUT2D eigenvalue weighted by Gasteiger charge is 2.29. The Morgan fingerprint density at radius 1 is 1.50 bits per heavy atom. The molecule has 20 heavy (non-hydrogen) atoms. The van der Waals surface area contributed by atoms with Crippen molar-refractivity contribution in [3.05, 3.63) is 29.7 Å². The van der Waals surface area contributed by atoms with Gasteiger partial charge in [-0.25, -0.2) is 4.79 Å². The van der Waals surface area contributed by atoms with Crippen LogP contribution in [-0.4, -0.2) is 45.7 Å². The Hall–Kier alpha value is -1.95. The average Bonchev–Trinajstić information content (AvgIpc) is 3.11. The third-order valence-electron chi connectivity index (χ3n) is 3.93. The molecule has 0 aliphatic carbocycles. The third-order valence-corrected chi connectivity index (χ3v) is 3.93. The minimum atomic E-state index is -0.381. The zero-order chi connectivity index (χ0) is 14.1. The molecule has 1 saturated heterocycles. The van der Waals surface area contributed by atoms with Crippen molar-refractivity contribution in [2.24, 2.45) is 0 Å². The molecule has 2 aromatic rings. The molecule has 2 aromatic heterocycles. The number of ether oxygens (including phenoxy) is 1. The van der Waals surface area contributed by atoms with Gasteiger partial charge in [-0.3, -0.25) is 9.30 Å². The number of carbonyl (C=O) groups is 1. The van der Waals surface area contributed by atoms with Gasteiger partial charge in [-0.1, -0.05) is 6.92 Å². The number of esters is 1. The van der Waals surface area contributed by atoms with Crippen LogP contribution in [0.1, 0.15) is 42.0 Å². The number of pyridine rings is 1. The molecule has 0 bridgehead atoms. The molecule has 6 heteroatoms. The predicted octanol–water partition coefficient (Wildman–Crippen LogP) is 1.67. The van der Waals surface area contributed by atoms with Gasteiger partial charge in [-0.2, -0.15) is 0 Å². The summed E-state index contributed by atoms with van der Waals surface area (Å²) in [7, 11) is 1.37. The lowest BCUT2D eigenvalue weighted by Crippen LogP contribution is -2.24. The number of likely N-dealkylation sites (tertiary alicyclic amines) is 1. The van der Waals surface area contributed by atoms with E-state index in [0.717, 1.165) is 25.3 Å². The molecule has 0 saturated carbocycles. The summed E-state index contributed by atoms with van der Waals surface area (Å²) in [6.45, 7) is 4.24. The Balaban J connectivity index is 2.08. The fraction of sp³-hybridized carbons (Fsp3) is 0.500. The van der Waals surface area contributed by atoms with E-state index in [1.165, 1.54) is 13.5 Å². The molecule has 0 spiro atoms. The Labute approximate surface area is 117 Å². The van der Waals surface area contributed by atoms with E-state index < -0.39 is 0 Å². The number of hydrogen-bond donors (Lipinski definition) is 0. The number of carbonyl (C=O) groups excluding carboxylic acids is 1. The summed E-state index contributed by atoms with van der Waals surface area (Å²) < 4.78 is 6.70. The van der Waals surface area contributed by atoms with Crippen LogP contribution in [0.3, 0.4) is 0 Å². The summed E-state index contributed by atoms with van der Waals surface area (Å²) >= 11 is 0. The van der Waals surface area contributed by atoms with Crippen molar-refractivity contribution in [2.45, 2.75) is 25.8 Å². The topological polar surface area (TPSA) is 59.7 Å². The zero-order valence-electron chi connectivity index (χ0n) is 11.7. The first-order chi connectivity index (χ1) is 9.76. The van der Waals surface area contributed by atoms with Crippen LogP contribution in [0.15, 0.2) is 18.3 Å². The summed E-state index contributed by atoms with van der Waals surface area (Å²) in [5.74, 6) is 0.526. The SMILES string of the molecule is CCN1CCCC1c1nnc2c(C(=O)OC)cccn12. The highest BCUT2D eigenvalue weighted by molar-refractivity contribution is 5.95. The summed E-state index contributed by atoms with van der Waals surface area (Å²) in [4.78, 5) is 14.2. The lowest BCUT2D eigenvalue weighted by atomic mass is 10.2. The van der Waals surface area contributed by atoms with Crippen molar-refractivity contribution in [1.29, 1.82) is 0 Å². The molecule has 0 amide bonds. The van der Waals surface area contributed by atoms with Gasteiger partial charge in [-0.05, 0) is 38.1 Å². The number of nitrogens with zero attached hydrogens (tertiary/aromatic N) is 4. The van der Waals surface area contributed by atoms with Gasteiger partial charge in [0, 0.05) is 6.20 Å². The van der Waals surface area contributed by atoms with Gasteiger partial charge in [0.1, 0.15) is 5.56 Å². The maximum absolute atomic E-state index is 11.8. The maximum Gasteiger partial charge on any atom is 0.341 e. The minimum absolute atomic E-state index is 0.280. The lowest BCUT2D eigenvalue weighted by molar-refractivity contribution is 0.0602. The van der Waals surface area contributed by atoms with E-state index in [1.807, 2.05) is 16.7 Å². The molecule has 106 valence electrons. The van der Waals surface area contributed by atoms with Gasteiger partial charge >= 0.3 is 5.97 Å². The van der Waals surface area contributed by atoms with Crippen molar-refractivity contribution < 1.29 is 9.53 Å². The van der Waals surface area contributed by atoms with E-state index in [-0.39, 0.29) is 12.0 Å². The molecular formula is C14H18N4O2. The molecule has 3 heterocycles. The Morgan fingerprint density at radius 3 is 3.10 bits per heavy atom. The second-order valence-electron chi connectivity index (χ2n) is 4.95. The molecule has 0 N–H and O–H groups in total. The van der Waals surface area contributed by atoms with Gasteiger partial charge in [0.05, 0.1) is 13.2 Å². The van der Waals surface area contributed by atoms with Crippen LogP contribution in [0.25, 0.3) is 5.65 Å². The van der Waals surface area contributed by atoms with Crippen LogP contribution in [0.2, 0.25) is 0 Å². The number of methoxy groups -OCH3 is 1. The van der Waals surface area contributed by atoms with Crippen molar-refractivity contribution in [3.63, 3.8) is 0 Å². The quantitative estimate of drug-likeness (QED) is 0.797. The fourth-order valence-corrected chi connectivity index (χ4v) is 2.93. The van der Waals surface area contributed by atoms with Crippen molar-refractivity contribution in [2.75, 3.05) is 20.2 Å². The number of fused-ring (bicyclic) bond motifs is 1. The smallest absolute Gasteiger partial charge is 0.341 e. The number of aromatic nitrogens is 3. The Morgan fingerprint density at radius 2 is 2.35 bits per heavy atom. The first-order valence-electron chi connectivity index (χ1n) is 6.92. The maximum atomic E-state index is 11.8. The van der Waals surface area contributed by atoms with Crippen molar-refractivity contribution in [1.82, 2.24) is 19.5 Å². The summed E-state index contributed by atoms with van der Waals surface area (Å²) in [6.07, 6.45) is 4.16. The van der Waals surface area contributed by atoms with Gasteiger partial charge in [-0.15, -0.1) is 10.2 Å². The molecule has 0 radical (unpaired) electrons. The molecule has 1 aliphatic heterocycles. The predicted molar refractivity (Wildman–Crippen MR) is 73.5 cm³/mol. The van der Waals surface area contributed by atoms with E-state index >= 15 is 0 Å². The monoisotopic (exact) mass is 274 g/mol. The second-order valence-corrected chi connectivity index (χ2v) is 4.95. The molecule has 3 rings (SSSR count). The number of rotatable bonds is 3. The Bertz CT molecular complexity index is 637. The van der Waals surface area contributed by atoms with E-state index in [2.05, 4.69) is 22.0 Å². The van der Waals surface area contributed by atoms with Crippen LogP contribution >= 0.6 is 0 Å². The molecule has 1 fully saturated rings. The van der Waals surface area contributed by atoms with Gasteiger partial charge in [0.15, 0.2) is 11.5 Å². The summed E-state index contributed by atoms with van der Waals surface area (Å²) in [5.41, 5.74) is 1.02. The van der Waals surface area contributed by atoms with Crippen LogP contribution in [0.5, 0.6) is 0 Å². The highest BCUT2D eigenvalue weighted by atomic mass is 16.5. The van der Waals surface area contributed by atoms with Crippen molar-refractivity contribution >= 4 is 11.6 Å². The molecule has 0 aromatic carbocycles. The van der Waals surface area contributed by atoms with Crippen LogP contribution in [-0.2, 0) is 4.74 Å². The van der Waals surface area contributed by atoms with Gasteiger partial charge in [0.2, 0.25) is 0 Å². The summed E-state index contributed by atoms with van der Waals surface area (Å²) in [6, 6.07) is 3.83. The lowest BCUT2D eigenvalue weighted by Gasteiger charge is -2.20. The van der Waals surface area contributed by atoms with Gasteiger partial charge < -0.3 is 4.74 Å². The second kappa shape index (κ2) is 5.20. The van der Waals surface area contributed by atoms with E-state index in [1.54, 1.807) is 6.07 Å². The highest BCUT2D eigenvalue weighted by Crippen LogP contribution is 2.30. The zero-order valence-corrected chi connectivity index (χ0v) is 11.7. The van der Waals surface area contributed by atoms with Gasteiger partial charge in [0.25, 0.3) is 0 Å². The third kappa shape index (κ3) is 1.96. The standard InChI is InChI=1S/C14H18N4O2/c1-3-17-8-5-7-11(17)13-16-15-12-10(14(19)20-2)6-4-9-18(12)13/h4,6,9,11H,3,5,7-8H2,1-2H3. The molecule has 1 aliphatic rings. The molecule has 1 unspecified atom stereocenters. The average molecular weight is 274 g/mol. The fourth-order valence-electron chi connectivity index (χ4n) is 2.93. The first-order valence-corrected chi connectivity index (χ1v) is 6.92. The molecule has 6 nitrogen and oxygen atoms in total. The molecular weight excluding hydrogens is 256 g/mol. The summed E-state index contributed by atoms with van der Waals surface area (Å²) in [5, 5.41) is 8.50. The number of hydrogen-bond acceptors (Lipinski definition) is 5. The first kappa shape index (κ1) is 13.1. The largest absolute Gasteiger partial charge is 0.465 e. The van der Waals surface area contributed by atoms with Crippen molar-refractivity contribution in [3.8, 4) is 0 Å². The Kier molecular flexibility index (Phi) is 3.40. The van der Waals surface area contributed by atoms with Crippen LogP contribution in [0.4, 0.5) is 0 Å². The van der Waals surface area contributed by atoms with E-state index in [0.29, 0.717) is 11.2 Å². The van der Waals surface area contributed by atoms with Crippen LogP contribution in [0, 0.1) is 0 Å². The minimum Gasteiger partial charge on any atom is -0.465 e. The molecule has 1 atom stereocenters.